The highest BCUT2D eigenvalue weighted by molar-refractivity contribution is 6.64. The van der Waals surface area contributed by atoms with Crippen molar-refractivity contribution >= 4 is 22.8 Å². The standard InChI is InChI=1S/C14H24ClNO2/c1-9(2)16(10(3)4)14(18)12-8-6-5-7-11(12)13(15)17/h9-12H,5-8H2,1-4H3. The molecule has 1 aliphatic rings. The van der Waals surface area contributed by atoms with Crippen LogP contribution in [-0.4, -0.2) is 28.1 Å². The molecule has 2 atom stereocenters. The van der Waals surface area contributed by atoms with Crippen LogP contribution in [0, 0.1) is 11.8 Å². The van der Waals surface area contributed by atoms with E-state index in [1.54, 1.807) is 0 Å². The van der Waals surface area contributed by atoms with E-state index in [1.165, 1.54) is 0 Å². The van der Waals surface area contributed by atoms with E-state index in [9.17, 15) is 9.59 Å². The summed E-state index contributed by atoms with van der Waals surface area (Å²) < 4.78 is 0. The molecular formula is C14H24ClNO2. The van der Waals surface area contributed by atoms with Gasteiger partial charge in [0, 0.05) is 23.9 Å². The summed E-state index contributed by atoms with van der Waals surface area (Å²) in [5.74, 6) is -0.403. The molecule has 4 heteroatoms. The summed E-state index contributed by atoms with van der Waals surface area (Å²) in [6.45, 7) is 8.05. The average Bonchev–Trinajstić information content (AvgIpc) is 2.27. The van der Waals surface area contributed by atoms with Gasteiger partial charge in [-0.1, -0.05) is 12.8 Å². The third kappa shape index (κ3) is 3.47. The van der Waals surface area contributed by atoms with Gasteiger partial charge in [0.2, 0.25) is 11.1 Å². The molecule has 1 saturated carbocycles. The number of hydrogen-bond acceptors (Lipinski definition) is 2. The zero-order chi connectivity index (χ0) is 13.9. The van der Waals surface area contributed by atoms with E-state index in [4.69, 9.17) is 11.6 Å². The fraction of sp³-hybridized carbons (Fsp3) is 0.857. The van der Waals surface area contributed by atoms with E-state index >= 15 is 0 Å². The van der Waals surface area contributed by atoms with Crippen LogP contribution in [0.2, 0.25) is 0 Å². The first-order chi connectivity index (χ1) is 8.36. The number of hydrogen-bond donors (Lipinski definition) is 0. The molecular weight excluding hydrogens is 250 g/mol. The Morgan fingerprint density at radius 3 is 1.83 bits per heavy atom. The fourth-order valence-corrected chi connectivity index (χ4v) is 3.26. The van der Waals surface area contributed by atoms with Gasteiger partial charge in [0.15, 0.2) is 0 Å². The van der Waals surface area contributed by atoms with Crippen LogP contribution in [0.3, 0.4) is 0 Å². The molecule has 1 fully saturated rings. The molecule has 0 bridgehead atoms. The lowest BCUT2D eigenvalue weighted by Gasteiger charge is -2.37. The Hall–Kier alpha value is -0.570. The summed E-state index contributed by atoms with van der Waals surface area (Å²) in [6.07, 6.45) is 3.55. The van der Waals surface area contributed by atoms with Gasteiger partial charge in [-0.25, -0.2) is 0 Å². The van der Waals surface area contributed by atoms with Gasteiger partial charge in [0.05, 0.1) is 0 Å². The van der Waals surface area contributed by atoms with Crippen molar-refractivity contribution in [2.75, 3.05) is 0 Å². The summed E-state index contributed by atoms with van der Waals surface area (Å²) in [4.78, 5) is 26.0. The van der Waals surface area contributed by atoms with Crippen molar-refractivity contribution in [2.45, 2.75) is 65.5 Å². The lowest BCUT2D eigenvalue weighted by Crippen LogP contribution is -2.48. The largest absolute Gasteiger partial charge is 0.338 e. The summed E-state index contributed by atoms with van der Waals surface area (Å²) in [7, 11) is 0. The Morgan fingerprint density at radius 2 is 1.44 bits per heavy atom. The van der Waals surface area contributed by atoms with Crippen molar-refractivity contribution < 1.29 is 9.59 Å². The van der Waals surface area contributed by atoms with E-state index in [2.05, 4.69) is 0 Å². The van der Waals surface area contributed by atoms with E-state index in [-0.39, 0.29) is 35.1 Å². The van der Waals surface area contributed by atoms with Crippen LogP contribution in [-0.2, 0) is 9.59 Å². The molecule has 0 aliphatic heterocycles. The SMILES string of the molecule is CC(C)N(C(=O)C1CCCCC1C(=O)Cl)C(C)C. The van der Waals surface area contributed by atoms with Gasteiger partial charge in [-0.3, -0.25) is 9.59 Å². The normalized spacial score (nSPS) is 24.4. The second kappa shape index (κ2) is 6.55. The molecule has 0 aromatic heterocycles. The van der Waals surface area contributed by atoms with Crippen LogP contribution in [0.25, 0.3) is 0 Å². The van der Waals surface area contributed by atoms with E-state index in [0.717, 1.165) is 25.7 Å². The van der Waals surface area contributed by atoms with Gasteiger partial charge in [-0.15, -0.1) is 0 Å². The predicted octanol–water partition coefficient (Wildman–Crippen LogP) is 3.20. The number of halogens is 1. The van der Waals surface area contributed by atoms with Gasteiger partial charge in [0.25, 0.3) is 0 Å². The van der Waals surface area contributed by atoms with Crippen molar-refractivity contribution in [1.29, 1.82) is 0 Å². The maximum Gasteiger partial charge on any atom is 0.226 e. The van der Waals surface area contributed by atoms with Crippen molar-refractivity contribution in [3.05, 3.63) is 0 Å². The summed E-state index contributed by atoms with van der Waals surface area (Å²) in [5.41, 5.74) is 0. The quantitative estimate of drug-likeness (QED) is 0.738. The molecule has 0 radical (unpaired) electrons. The maximum absolute atomic E-state index is 12.6. The third-order valence-corrected chi connectivity index (χ3v) is 4.02. The first kappa shape index (κ1) is 15.5. The highest BCUT2D eigenvalue weighted by Crippen LogP contribution is 2.33. The van der Waals surface area contributed by atoms with Crippen molar-refractivity contribution in [2.24, 2.45) is 11.8 Å². The third-order valence-electron chi connectivity index (χ3n) is 3.74. The Labute approximate surface area is 115 Å². The molecule has 104 valence electrons. The Bertz CT molecular complexity index is 307. The zero-order valence-electron chi connectivity index (χ0n) is 11.8. The lowest BCUT2D eigenvalue weighted by atomic mass is 9.79. The van der Waals surface area contributed by atoms with Gasteiger partial charge < -0.3 is 4.90 Å². The first-order valence-corrected chi connectivity index (χ1v) is 7.25. The zero-order valence-corrected chi connectivity index (χ0v) is 12.5. The van der Waals surface area contributed by atoms with Crippen molar-refractivity contribution in [1.82, 2.24) is 4.90 Å². The Kier molecular flexibility index (Phi) is 5.64. The molecule has 0 heterocycles. The van der Waals surface area contributed by atoms with E-state index in [0.29, 0.717) is 0 Å². The molecule has 0 spiro atoms. The van der Waals surface area contributed by atoms with Crippen LogP contribution in [0.15, 0.2) is 0 Å². The summed E-state index contributed by atoms with van der Waals surface area (Å²) in [6, 6.07) is 0.316. The topological polar surface area (TPSA) is 37.4 Å². The van der Waals surface area contributed by atoms with Crippen LogP contribution >= 0.6 is 11.6 Å². The maximum atomic E-state index is 12.6. The average molecular weight is 274 g/mol. The Morgan fingerprint density at radius 1 is 1.00 bits per heavy atom. The first-order valence-electron chi connectivity index (χ1n) is 6.87. The second-order valence-electron chi connectivity index (χ2n) is 5.73. The molecule has 0 aromatic rings. The van der Waals surface area contributed by atoms with Gasteiger partial charge in [-0.2, -0.15) is 0 Å². The van der Waals surface area contributed by atoms with Crippen LogP contribution in [0.1, 0.15) is 53.4 Å². The van der Waals surface area contributed by atoms with Gasteiger partial charge in [0.1, 0.15) is 0 Å². The number of carbonyl (C=O) groups is 2. The number of carbonyl (C=O) groups excluding carboxylic acids is 2. The molecule has 0 saturated heterocycles. The highest BCUT2D eigenvalue weighted by Gasteiger charge is 2.38. The molecule has 18 heavy (non-hydrogen) atoms. The number of amides is 1. The van der Waals surface area contributed by atoms with Gasteiger partial charge in [-0.05, 0) is 52.1 Å². The molecule has 0 aromatic carbocycles. The molecule has 0 N–H and O–H groups in total. The molecule has 2 unspecified atom stereocenters. The van der Waals surface area contributed by atoms with E-state index in [1.807, 2.05) is 32.6 Å². The molecule has 1 amide bonds. The predicted molar refractivity (Wildman–Crippen MR) is 73.4 cm³/mol. The smallest absolute Gasteiger partial charge is 0.226 e. The fourth-order valence-electron chi connectivity index (χ4n) is 2.99. The highest BCUT2D eigenvalue weighted by atomic mass is 35.5. The minimum Gasteiger partial charge on any atom is -0.338 e. The molecule has 1 aliphatic carbocycles. The minimum absolute atomic E-state index is 0.0960. The van der Waals surface area contributed by atoms with E-state index < -0.39 is 0 Å². The van der Waals surface area contributed by atoms with Crippen molar-refractivity contribution in [3.8, 4) is 0 Å². The second-order valence-corrected chi connectivity index (χ2v) is 6.11. The van der Waals surface area contributed by atoms with Crippen LogP contribution in [0.4, 0.5) is 0 Å². The van der Waals surface area contributed by atoms with Crippen molar-refractivity contribution in [3.63, 3.8) is 0 Å². The Balaban J connectivity index is 2.88. The lowest BCUT2D eigenvalue weighted by molar-refractivity contribution is -0.144. The van der Waals surface area contributed by atoms with Crippen LogP contribution in [0.5, 0.6) is 0 Å². The minimum atomic E-state index is -0.347. The number of nitrogens with zero attached hydrogens (tertiary/aromatic N) is 1. The van der Waals surface area contributed by atoms with Crippen LogP contribution < -0.4 is 0 Å². The number of rotatable bonds is 4. The monoisotopic (exact) mass is 273 g/mol. The summed E-state index contributed by atoms with van der Waals surface area (Å²) >= 11 is 5.65. The summed E-state index contributed by atoms with van der Waals surface area (Å²) in [5, 5.41) is -0.347. The molecule has 3 nitrogen and oxygen atoms in total. The molecule has 1 rings (SSSR count). The van der Waals surface area contributed by atoms with Gasteiger partial charge >= 0.3 is 0 Å².